The number of ketones is 1. The highest BCUT2D eigenvalue weighted by Gasteiger charge is 2.07. The van der Waals surface area contributed by atoms with Gasteiger partial charge in [0.2, 0.25) is 5.91 Å². The van der Waals surface area contributed by atoms with Crippen LogP contribution in [0.4, 0.5) is 5.69 Å². The maximum atomic E-state index is 11.9. The largest absolute Gasteiger partial charge is 0.344 e. The van der Waals surface area contributed by atoms with E-state index in [4.69, 9.17) is 11.6 Å². The summed E-state index contributed by atoms with van der Waals surface area (Å²) in [6, 6.07) is 8.63. The summed E-state index contributed by atoms with van der Waals surface area (Å²) in [5, 5.41) is 3.39. The van der Waals surface area contributed by atoms with Crippen molar-refractivity contribution in [3.8, 4) is 0 Å². The van der Waals surface area contributed by atoms with Gasteiger partial charge in [0.1, 0.15) is 6.54 Å². The molecule has 2 aromatic rings. The van der Waals surface area contributed by atoms with Crippen LogP contribution >= 0.6 is 11.6 Å². The molecule has 0 aliphatic rings. The van der Waals surface area contributed by atoms with Gasteiger partial charge in [0.25, 0.3) is 0 Å². The third-order valence-electron chi connectivity index (χ3n) is 2.85. The van der Waals surface area contributed by atoms with Gasteiger partial charge < -0.3 is 9.88 Å². The molecular weight excluding hydrogens is 276 g/mol. The minimum absolute atomic E-state index is 0.0712. The second-order valence-corrected chi connectivity index (χ2v) is 4.84. The van der Waals surface area contributed by atoms with Gasteiger partial charge in [0, 0.05) is 35.1 Å². The predicted molar refractivity (Wildman–Crippen MR) is 79.1 cm³/mol. The smallest absolute Gasteiger partial charge is 0.244 e. The molecule has 0 bridgehead atoms. The standard InChI is InChI=1S/C15H15ClN2O2/c1-2-14(19)11-7-8-18(9-11)10-15(20)17-13-5-3-12(16)4-6-13/h3-9H,2,10H2,1H3,(H,17,20). The summed E-state index contributed by atoms with van der Waals surface area (Å²) < 4.78 is 1.69. The van der Waals surface area contributed by atoms with Gasteiger partial charge in [-0.3, -0.25) is 9.59 Å². The van der Waals surface area contributed by atoms with E-state index in [1.165, 1.54) is 0 Å². The molecule has 0 radical (unpaired) electrons. The number of amides is 1. The maximum absolute atomic E-state index is 11.9. The molecule has 1 N–H and O–H groups in total. The minimum Gasteiger partial charge on any atom is -0.344 e. The third-order valence-corrected chi connectivity index (χ3v) is 3.10. The monoisotopic (exact) mass is 290 g/mol. The summed E-state index contributed by atoms with van der Waals surface area (Å²) in [4.78, 5) is 23.4. The number of anilines is 1. The lowest BCUT2D eigenvalue weighted by atomic mass is 10.2. The van der Waals surface area contributed by atoms with Crippen LogP contribution in [0, 0.1) is 0 Å². The summed E-state index contributed by atoms with van der Waals surface area (Å²) in [5.41, 5.74) is 1.32. The molecule has 5 heteroatoms. The van der Waals surface area contributed by atoms with E-state index in [-0.39, 0.29) is 18.2 Å². The summed E-state index contributed by atoms with van der Waals surface area (Å²) in [6.07, 6.45) is 3.87. The van der Waals surface area contributed by atoms with E-state index >= 15 is 0 Å². The molecule has 1 aromatic carbocycles. The van der Waals surface area contributed by atoms with Crippen LogP contribution in [0.1, 0.15) is 23.7 Å². The average molecular weight is 291 g/mol. The molecule has 0 saturated carbocycles. The van der Waals surface area contributed by atoms with Crippen molar-refractivity contribution in [2.45, 2.75) is 19.9 Å². The quantitative estimate of drug-likeness (QED) is 0.858. The summed E-state index contributed by atoms with van der Waals surface area (Å²) in [5.74, 6) is -0.0831. The van der Waals surface area contributed by atoms with E-state index in [2.05, 4.69) is 5.32 Å². The van der Waals surface area contributed by atoms with E-state index in [0.29, 0.717) is 22.7 Å². The topological polar surface area (TPSA) is 51.1 Å². The summed E-state index contributed by atoms with van der Waals surface area (Å²) in [7, 11) is 0. The highest BCUT2D eigenvalue weighted by atomic mass is 35.5. The highest BCUT2D eigenvalue weighted by molar-refractivity contribution is 6.30. The first-order valence-corrected chi connectivity index (χ1v) is 6.70. The van der Waals surface area contributed by atoms with Gasteiger partial charge in [-0.1, -0.05) is 18.5 Å². The second-order valence-electron chi connectivity index (χ2n) is 4.40. The molecule has 1 heterocycles. The Kier molecular flexibility index (Phi) is 4.58. The Labute approximate surface area is 122 Å². The first-order chi connectivity index (χ1) is 9.58. The lowest BCUT2D eigenvalue weighted by molar-refractivity contribution is -0.116. The van der Waals surface area contributed by atoms with Crippen molar-refractivity contribution in [1.29, 1.82) is 0 Å². The molecule has 104 valence electrons. The molecule has 4 nitrogen and oxygen atoms in total. The molecule has 0 unspecified atom stereocenters. The Morgan fingerprint density at radius 3 is 2.55 bits per heavy atom. The van der Waals surface area contributed by atoms with Gasteiger partial charge in [0.15, 0.2) is 5.78 Å². The van der Waals surface area contributed by atoms with Crippen molar-refractivity contribution < 1.29 is 9.59 Å². The third kappa shape index (κ3) is 3.71. The number of hydrogen-bond acceptors (Lipinski definition) is 2. The Hall–Kier alpha value is -2.07. The van der Waals surface area contributed by atoms with Crippen molar-refractivity contribution in [2.75, 3.05) is 5.32 Å². The van der Waals surface area contributed by atoms with E-state index in [0.717, 1.165) is 0 Å². The average Bonchev–Trinajstić information content (AvgIpc) is 2.89. The fourth-order valence-corrected chi connectivity index (χ4v) is 1.93. The van der Waals surface area contributed by atoms with Gasteiger partial charge in [-0.15, -0.1) is 0 Å². The van der Waals surface area contributed by atoms with Crippen molar-refractivity contribution >= 4 is 29.0 Å². The molecule has 2 rings (SSSR count). The first-order valence-electron chi connectivity index (χ1n) is 6.33. The minimum atomic E-state index is -0.154. The number of carbonyl (C=O) groups excluding carboxylic acids is 2. The van der Waals surface area contributed by atoms with Crippen LogP contribution in [0.15, 0.2) is 42.7 Å². The fourth-order valence-electron chi connectivity index (χ4n) is 1.81. The Bertz CT molecular complexity index is 617. The van der Waals surface area contributed by atoms with Gasteiger partial charge in [-0.05, 0) is 30.3 Å². The van der Waals surface area contributed by atoms with Crippen LogP contribution in [0.2, 0.25) is 5.02 Å². The van der Waals surface area contributed by atoms with Crippen LogP contribution < -0.4 is 5.32 Å². The Balaban J connectivity index is 1.96. The number of halogens is 1. The van der Waals surface area contributed by atoms with Crippen LogP contribution in [0.5, 0.6) is 0 Å². The molecule has 0 spiro atoms. The number of aromatic nitrogens is 1. The number of rotatable bonds is 5. The van der Waals surface area contributed by atoms with Crippen molar-refractivity contribution in [3.05, 3.63) is 53.3 Å². The van der Waals surface area contributed by atoms with E-state index in [1.54, 1.807) is 47.3 Å². The lowest BCUT2D eigenvalue weighted by Crippen LogP contribution is -2.17. The first kappa shape index (κ1) is 14.3. The van der Waals surface area contributed by atoms with Crippen molar-refractivity contribution in [3.63, 3.8) is 0 Å². The van der Waals surface area contributed by atoms with Gasteiger partial charge in [-0.2, -0.15) is 0 Å². The van der Waals surface area contributed by atoms with Crippen LogP contribution in [-0.2, 0) is 11.3 Å². The van der Waals surface area contributed by atoms with E-state index in [9.17, 15) is 9.59 Å². The van der Waals surface area contributed by atoms with Crippen LogP contribution in [0.3, 0.4) is 0 Å². The number of Topliss-reactive ketones (excluding diaryl/α,β-unsaturated/α-hetero) is 1. The highest BCUT2D eigenvalue weighted by Crippen LogP contribution is 2.13. The van der Waals surface area contributed by atoms with E-state index < -0.39 is 0 Å². The van der Waals surface area contributed by atoms with E-state index in [1.807, 2.05) is 6.92 Å². The Morgan fingerprint density at radius 2 is 1.90 bits per heavy atom. The molecule has 0 aliphatic carbocycles. The fraction of sp³-hybridized carbons (Fsp3) is 0.200. The molecule has 1 aromatic heterocycles. The van der Waals surface area contributed by atoms with Crippen LogP contribution in [0.25, 0.3) is 0 Å². The zero-order valence-electron chi connectivity index (χ0n) is 11.1. The zero-order chi connectivity index (χ0) is 14.5. The molecule has 0 atom stereocenters. The SMILES string of the molecule is CCC(=O)c1ccn(CC(=O)Nc2ccc(Cl)cc2)c1. The predicted octanol–water partition coefficient (Wildman–Crippen LogP) is 3.37. The molecule has 0 fully saturated rings. The number of benzene rings is 1. The zero-order valence-corrected chi connectivity index (χ0v) is 11.9. The number of nitrogens with one attached hydrogen (secondary N) is 1. The second kappa shape index (κ2) is 6.39. The lowest BCUT2D eigenvalue weighted by Gasteiger charge is -2.06. The molecule has 1 amide bonds. The molecule has 0 aliphatic heterocycles. The van der Waals surface area contributed by atoms with Crippen molar-refractivity contribution in [2.24, 2.45) is 0 Å². The van der Waals surface area contributed by atoms with Gasteiger partial charge in [-0.25, -0.2) is 0 Å². The Morgan fingerprint density at radius 1 is 1.20 bits per heavy atom. The molecule has 0 saturated heterocycles. The molecular formula is C15H15ClN2O2. The summed E-state index contributed by atoms with van der Waals surface area (Å²) >= 11 is 5.78. The molecule has 20 heavy (non-hydrogen) atoms. The van der Waals surface area contributed by atoms with Crippen molar-refractivity contribution in [1.82, 2.24) is 4.57 Å². The number of carbonyl (C=O) groups is 2. The maximum Gasteiger partial charge on any atom is 0.244 e. The normalized spacial score (nSPS) is 10.3. The van der Waals surface area contributed by atoms with Crippen LogP contribution in [-0.4, -0.2) is 16.3 Å². The number of nitrogens with zero attached hydrogens (tertiary/aromatic N) is 1. The van der Waals surface area contributed by atoms with Gasteiger partial charge >= 0.3 is 0 Å². The van der Waals surface area contributed by atoms with Gasteiger partial charge in [0.05, 0.1) is 0 Å². The summed E-state index contributed by atoms with van der Waals surface area (Å²) in [6.45, 7) is 1.98. The number of hydrogen-bond donors (Lipinski definition) is 1.